The first-order valence-electron chi connectivity index (χ1n) is 8.63. The Hall–Kier alpha value is -1.77. The van der Waals surface area contributed by atoms with Crippen molar-refractivity contribution in [3.05, 3.63) is 40.8 Å². The molecule has 0 saturated carbocycles. The van der Waals surface area contributed by atoms with Gasteiger partial charge in [0.1, 0.15) is 11.3 Å². The maximum atomic E-state index is 5.85. The van der Waals surface area contributed by atoms with E-state index in [4.69, 9.17) is 4.74 Å². The highest BCUT2D eigenvalue weighted by molar-refractivity contribution is 9.10. The lowest BCUT2D eigenvalue weighted by Gasteiger charge is -2.16. The molecule has 2 aromatic heterocycles. The van der Waals surface area contributed by atoms with Gasteiger partial charge >= 0.3 is 0 Å². The van der Waals surface area contributed by atoms with E-state index >= 15 is 0 Å². The molecule has 138 valence electrons. The zero-order chi connectivity index (χ0) is 18.7. The van der Waals surface area contributed by atoms with Gasteiger partial charge in [-0.05, 0) is 35.0 Å². The number of imidazole rings is 1. The van der Waals surface area contributed by atoms with Gasteiger partial charge in [-0.3, -0.25) is 9.88 Å². The number of anilines is 2. The molecular formula is C18H24BrN5OSi. The molecule has 0 radical (unpaired) electrons. The second-order valence-electron chi connectivity index (χ2n) is 7.46. The molecule has 0 saturated heterocycles. The maximum Gasteiger partial charge on any atom is 0.230 e. The van der Waals surface area contributed by atoms with Crippen LogP contribution in [0.3, 0.4) is 0 Å². The van der Waals surface area contributed by atoms with E-state index in [-0.39, 0.29) is 0 Å². The van der Waals surface area contributed by atoms with Crippen LogP contribution in [-0.4, -0.2) is 34.2 Å². The Labute approximate surface area is 163 Å². The Kier molecular flexibility index (Phi) is 5.74. The molecule has 3 rings (SSSR count). The van der Waals surface area contributed by atoms with Gasteiger partial charge in [-0.2, -0.15) is 0 Å². The third kappa shape index (κ3) is 4.69. The van der Waals surface area contributed by atoms with Crippen LogP contribution in [0.15, 0.2) is 35.1 Å². The van der Waals surface area contributed by atoms with Crippen molar-refractivity contribution in [2.24, 2.45) is 0 Å². The minimum atomic E-state index is -1.10. The average molecular weight is 434 g/mol. The van der Waals surface area contributed by atoms with E-state index in [1.807, 2.05) is 35.8 Å². The Morgan fingerprint density at radius 3 is 2.73 bits per heavy atom. The third-order valence-electron chi connectivity index (χ3n) is 4.04. The van der Waals surface area contributed by atoms with Crippen molar-refractivity contribution in [2.75, 3.05) is 11.9 Å². The van der Waals surface area contributed by atoms with Crippen molar-refractivity contribution in [1.82, 2.24) is 19.5 Å². The highest BCUT2D eigenvalue weighted by Crippen LogP contribution is 2.22. The molecule has 0 aliphatic heterocycles. The number of para-hydroxylation sites is 1. The molecule has 3 aromatic rings. The first-order chi connectivity index (χ1) is 12.3. The summed E-state index contributed by atoms with van der Waals surface area (Å²) in [7, 11) is -1.10. The van der Waals surface area contributed by atoms with Crippen molar-refractivity contribution in [1.29, 1.82) is 0 Å². The smallest absolute Gasteiger partial charge is 0.230 e. The lowest BCUT2D eigenvalue weighted by atomic mass is 10.2. The number of hydrogen-bond donors (Lipinski definition) is 1. The molecule has 1 N–H and O–H groups in total. The Bertz CT molecular complexity index is 906. The molecule has 0 bridgehead atoms. The SMILES string of the molecule is Cc1nc(Nc2ncc(Br)n2COCC[Si](C)(C)C)nc2ccccc12. The van der Waals surface area contributed by atoms with Crippen molar-refractivity contribution < 1.29 is 4.74 Å². The Morgan fingerprint density at radius 1 is 1.19 bits per heavy atom. The average Bonchev–Trinajstić information content (AvgIpc) is 2.91. The predicted molar refractivity (Wildman–Crippen MR) is 112 cm³/mol. The van der Waals surface area contributed by atoms with E-state index in [9.17, 15) is 0 Å². The predicted octanol–water partition coefficient (Wildman–Crippen LogP) is 4.95. The fourth-order valence-corrected chi connectivity index (χ4v) is 3.63. The number of nitrogens with one attached hydrogen (secondary N) is 1. The number of aryl methyl sites for hydroxylation is 1. The van der Waals surface area contributed by atoms with Gasteiger partial charge in [0.05, 0.1) is 17.4 Å². The molecule has 0 unspecified atom stereocenters. The van der Waals surface area contributed by atoms with Crippen LogP contribution in [0.2, 0.25) is 25.7 Å². The topological polar surface area (TPSA) is 64.9 Å². The second kappa shape index (κ2) is 7.85. The molecule has 1 aromatic carbocycles. The molecule has 0 aliphatic carbocycles. The second-order valence-corrected chi connectivity index (χ2v) is 13.9. The molecule has 8 heteroatoms. The number of halogens is 1. The van der Waals surface area contributed by atoms with Crippen molar-refractivity contribution >= 4 is 46.8 Å². The van der Waals surface area contributed by atoms with Crippen LogP contribution in [0, 0.1) is 6.92 Å². The summed E-state index contributed by atoms with van der Waals surface area (Å²) in [6.07, 6.45) is 1.75. The Balaban J connectivity index is 1.74. The maximum absolute atomic E-state index is 5.85. The summed E-state index contributed by atoms with van der Waals surface area (Å²) in [6, 6.07) is 9.11. The molecule has 0 aliphatic rings. The third-order valence-corrected chi connectivity index (χ3v) is 6.38. The van der Waals surface area contributed by atoms with Crippen LogP contribution in [-0.2, 0) is 11.5 Å². The van der Waals surface area contributed by atoms with Gasteiger partial charge in [0.2, 0.25) is 11.9 Å². The number of ether oxygens (including phenoxy) is 1. The summed E-state index contributed by atoms with van der Waals surface area (Å²) in [5.74, 6) is 1.18. The van der Waals surface area contributed by atoms with Gasteiger partial charge < -0.3 is 4.74 Å². The largest absolute Gasteiger partial charge is 0.361 e. The summed E-state index contributed by atoms with van der Waals surface area (Å²) >= 11 is 3.52. The molecule has 0 fully saturated rings. The lowest BCUT2D eigenvalue weighted by Crippen LogP contribution is -2.22. The molecule has 2 heterocycles. The number of nitrogens with zero attached hydrogens (tertiary/aromatic N) is 4. The minimum absolute atomic E-state index is 0.431. The zero-order valence-corrected chi connectivity index (χ0v) is 18.2. The van der Waals surface area contributed by atoms with Crippen LogP contribution < -0.4 is 5.32 Å². The van der Waals surface area contributed by atoms with Gasteiger partial charge in [0, 0.05) is 20.1 Å². The molecule has 0 spiro atoms. The van der Waals surface area contributed by atoms with E-state index in [1.165, 1.54) is 0 Å². The van der Waals surface area contributed by atoms with Crippen molar-refractivity contribution in [2.45, 2.75) is 39.3 Å². The number of hydrogen-bond acceptors (Lipinski definition) is 5. The van der Waals surface area contributed by atoms with Gasteiger partial charge in [-0.1, -0.05) is 37.8 Å². The monoisotopic (exact) mass is 433 g/mol. The highest BCUT2D eigenvalue weighted by atomic mass is 79.9. The van der Waals surface area contributed by atoms with Crippen LogP contribution in [0.5, 0.6) is 0 Å². The summed E-state index contributed by atoms with van der Waals surface area (Å²) in [5, 5.41) is 4.26. The van der Waals surface area contributed by atoms with Gasteiger partial charge in [-0.15, -0.1) is 0 Å². The molecule has 26 heavy (non-hydrogen) atoms. The fourth-order valence-electron chi connectivity index (χ4n) is 2.50. The van der Waals surface area contributed by atoms with E-state index in [1.54, 1.807) is 6.20 Å². The first kappa shape index (κ1) is 19.0. The molecule has 0 amide bonds. The van der Waals surface area contributed by atoms with E-state index in [0.29, 0.717) is 18.6 Å². The normalized spacial score (nSPS) is 11.9. The summed E-state index contributed by atoms with van der Waals surface area (Å²) in [4.78, 5) is 13.5. The zero-order valence-electron chi connectivity index (χ0n) is 15.6. The molecule has 0 atom stereocenters. The highest BCUT2D eigenvalue weighted by Gasteiger charge is 2.14. The summed E-state index contributed by atoms with van der Waals surface area (Å²) in [6.45, 7) is 10.2. The van der Waals surface area contributed by atoms with Crippen LogP contribution in [0.25, 0.3) is 10.9 Å². The molecular weight excluding hydrogens is 410 g/mol. The van der Waals surface area contributed by atoms with Gasteiger partial charge in [-0.25, -0.2) is 15.0 Å². The van der Waals surface area contributed by atoms with Crippen LogP contribution in [0.4, 0.5) is 11.9 Å². The standard InChI is InChI=1S/C18H24BrN5OSi/c1-13-14-7-5-6-8-15(14)22-17(21-13)23-18-20-11-16(19)24(18)12-25-9-10-26(2,3)4/h5-8,11H,9-10,12H2,1-4H3,(H,20,21,22,23). The summed E-state index contributed by atoms with van der Waals surface area (Å²) in [5.41, 5.74) is 1.84. The van der Waals surface area contributed by atoms with Gasteiger partial charge in [0.25, 0.3) is 0 Å². The van der Waals surface area contributed by atoms with Crippen LogP contribution in [0.1, 0.15) is 5.69 Å². The van der Waals surface area contributed by atoms with Crippen molar-refractivity contribution in [3.63, 3.8) is 0 Å². The fraction of sp³-hybridized carbons (Fsp3) is 0.389. The number of fused-ring (bicyclic) bond motifs is 1. The van der Waals surface area contributed by atoms with E-state index < -0.39 is 8.07 Å². The molecule has 6 nitrogen and oxygen atoms in total. The Morgan fingerprint density at radius 2 is 1.96 bits per heavy atom. The van der Waals surface area contributed by atoms with E-state index in [2.05, 4.69) is 55.8 Å². The quantitative estimate of drug-likeness (QED) is 0.421. The lowest BCUT2D eigenvalue weighted by molar-refractivity contribution is 0.0872. The summed E-state index contributed by atoms with van der Waals surface area (Å²) < 4.78 is 8.64. The van der Waals surface area contributed by atoms with Gasteiger partial charge in [0.15, 0.2) is 0 Å². The number of benzene rings is 1. The first-order valence-corrected chi connectivity index (χ1v) is 13.1. The minimum Gasteiger partial charge on any atom is -0.361 e. The van der Waals surface area contributed by atoms with Crippen molar-refractivity contribution in [3.8, 4) is 0 Å². The van der Waals surface area contributed by atoms with E-state index in [0.717, 1.165) is 33.9 Å². The number of rotatable bonds is 7. The number of aromatic nitrogens is 4. The van der Waals surface area contributed by atoms with Crippen LogP contribution >= 0.6 is 15.9 Å².